The molecule has 1 aromatic rings. The molecule has 0 unspecified atom stereocenters. The fraction of sp³-hybridized carbons (Fsp3) is 0.222. The third-order valence-electron chi connectivity index (χ3n) is 1.66. The Hall–Kier alpha value is -2.11. The number of hydrogen-bond donors (Lipinski definition) is 3. The summed E-state index contributed by atoms with van der Waals surface area (Å²) in [5.41, 5.74) is 1.23. The summed E-state index contributed by atoms with van der Waals surface area (Å²) in [5, 5.41) is 13.0. The zero-order valence-corrected chi connectivity index (χ0v) is 8.15. The second kappa shape index (κ2) is 4.94. The molecule has 3 N–H and O–H groups in total. The Balaban J connectivity index is 2.52. The number of nitrogens with one attached hydrogen (secondary N) is 2. The maximum atomic E-state index is 11.2. The van der Waals surface area contributed by atoms with Crippen LogP contribution in [0.1, 0.15) is 5.69 Å². The summed E-state index contributed by atoms with van der Waals surface area (Å²) in [5.74, 6) is -1.09. The van der Waals surface area contributed by atoms with E-state index in [2.05, 4.69) is 15.6 Å². The number of amides is 2. The molecule has 0 atom stereocenters. The van der Waals surface area contributed by atoms with Gasteiger partial charge in [0, 0.05) is 6.20 Å². The molecule has 0 aromatic carbocycles. The molecule has 0 saturated heterocycles. The zero-order chi connectivity index (χ0) is 11.3. The first kappa shape index (κ1) is 11.0. The molecule has 80 valence electrons. The van der Waals surface area contributed by atoms with Crippen LogP contribution in [0.4, 0.5) is 10.5 Å². The van der Waals surface area contributed by atoms with Gasteiger partial charge >= 0.3 is 12.0 Å². The van der Waals surface area contributed by atoms with Crippen molar-refractivity contribution in [2.24, 2.45) is 0 Å². The van der Waals surface area contributed by atoms with E-state index in [1.54, 1.807) is 25.3 Å². The van der Waals surface area contributed by atoms with Crippen LogP contribution in [0.2, 0.25) is 0 Å². The van der Waals surface area contributed by atoms with Gasteiger partial charge in [-0.15, -0.1) is 0 Å². The molecule has 0 bridgehead atoms. The molecular weight excluding hydrogens is 198 g/mol. The van der Waals surface area contributed by atoms with Crippen molar-refractivity contribution in [3.05, 3.63) is 24.0 Å². The number of carbonyl (C=O) groups is 2. The summed E-state index contributed by atoms with van der Waals surface area (Å²) in [6.45, 7) is 1.33. The lowest BCUT2D eigenvalue weighted by atomic mass is 10.3. The van der Waals surface area contributed by atoms with Gasteiger partial charge in [-0.2, -0.15) is 0 Å². The summed E-state index contributed by atoms with van der Waals surface area (Å²) in [6, 6.07) is 2.80. The number of pyridine rings is 1. The lowest BCUT2D eigenvalue weighted by molar-refractivity contribution is -0.135. The number of urea groups is 1. The van der Waals surface area contributed by atoms with Gasteiger partial charge in [0.1, 0.15) is 6.54 Å². The largest absolute Gasteiger partial charge is 0.480 e. The predicted octanol–water partition coefficient (Wildman–Crippen LogP) is 0.596. The van der Waals surface area contributed by atoms with Crippen LogP contribution in [0.25, 0.3) is 0 Å². The SMILES string of the molecule is Cc1ncccc1NC(=O)NCC(=O)O. The Morgan fingerprint density at radius 2 is 2.27 bits per heavy atom. The van der Waals surface area contributed by atoms with Gasteiger partial charge in [-0.05, 0) is 19.1 Å². The smallest absolute Gasteiger partial charge is 0.323 e. The molecule has 0 saturated carbocycles. The van der Waals surface area contributed by atoms with E-state index in [-0.39, 0.29) is 0 Å². The molecule has 6 nitrogen and oxygen atoms in total. The molecule has 0 aliphatic heterocycles. The molecule has 0 spiro atoms. The molecule has 1 rings (SSSR count). The molecule has 0 fully saturated rings. The van der Waals surface area contributed by atoms with E-state index in [4.69, 9.17) is 5.11 Å². The highest BCUT2D eigenvalue weighted by molar-refractivity contribution is 5.91. The molecule has 6 heteroatoms. The van der Waals surface area contributed by atoms with E-state index >= 15 is 0 Å². The first-order chi connectivity index (χ1) is 7.09. The van der Waals surface area contributed by atoms with Crippen LogP contribution in [0, 0.1) is 6.92 Å². The van der Waals surface area contributed by atoms with Gasteiger partial charge in [0.2, 0.25) is 0 Å². The predicted molar refractivity (Wildman–Crippen MR) is 53.6 cm³/mol. The van der Waals surface area contributed by atoms with E-state index in [9.17, 15) is 9.59 Å². The fourth-order valence-corrected chi connectivity index (χ4v) is 0.939. The standard InChI is InChI=1S/C9H11N3O3/c1-6-7(3-2-4-10-6)12-9(15)11-5-8(13)14/h2-4H,5H2,1H3,(H,13,14)(H2,11,12,15). The summed E-state index contributed by atoms with van der Waals surface area (Å²) < 4.78 is 0. The number of aromatic nitrogens is 1. The highest BCUT2D eigenvalue weighted by atomic mass is 16.4. The van der Waals surface area contributed by atoms with Crippen LogP contribution in [-0.2, 0) is 4.79 Å². The van der Waals surface area contributed by atoms with E-state index in [0.717, 1.165) is 0 Å². The van der Waals surface area contributed by atoms with Gasteiger partial charge in [0.05, 0.1) is 11.4 Å². The summed E-state index contributed by atoms with van der Waals surface area (Å²) >= 11 is 0. The van der Waals surface area contributed by atoms with E-state index in [1.165, 1.54) is 0 Å². The maximum absolute atomic E-state index is 11.2. The fourth-order valence-electron chi connectivity index (χ4n) is 0.939. The minimum atomic E-state index is -1.09. The number of hydrogen-bond acceptors (Lipinski definition) is 3. The van der Waals surface area contributed by atoms with Crippen LogP contribution in [-0.4, -0.2) is 28.6 Å². The molecule has 0 aliphatic carbocycles. The van der Waals surface area contributed by atoms with Crippen molar-refractivity contribution >= 4 is 17.7 Å². The lowest BCUT2D eigenvalue weighted by Crippen LogP contribution is -2.33. The Morgan fingerprint density at radius 1 is 1.53 bits per heavy atom. The van der Waals surface area contributed by atoms with Gasteiger partial charge in [-0.25, -0.2) is 4.79 Å². The molecule has 2 amide bonds. The van der Waals surface area contributed by atoms with Crippen molar-refractivity contribution in [1.82, 2.24) is 10.3 Å². The Labute approximate surface area is 86.3 Å². The summed E-state index contributed by atoms with van der Waals surface area (Å²) in [7, 11) is 0. The summed E-state index contributed by atoms with van der Waals surface area (Å²) in [6.07, 6.45) is 1.61. The van der Waals surface area contributed by atoms with Crippen LogP contribution in [0.3, 0.4) is 0 Å². The Bertz CT molecular complexity index is 379. The quantitative estimate of drug-likeness (QED) is 0.679. The molecular formula is C9H11N3O3. The number of rotatable bonds is 3. The van der Waals surface area contributed by atoms with Crippen molar-refractivity contribution < 1.29 is 14.7 Å². The highest BCUT2D eigenvalue weighted by Crippen LogP contribution is 2.09. The van der Waals surface area contributed by atoms with Crippen LogP contribution < -0.4 is 10.6 Å². The van der Waals surface area contributed by atoms with Crippen molar-refractivity contribution in [2.75, 3.05) is 11.9 Å². The number of carbonyl (C=O) groups excluding carboxylic acids is 1. The van der Waals surface area contributed by atoms with E-state index in [0.29, 0.717) is 11.4 Å². The average Bonchev–Trinajstić information content (AvgIpc) is 2.18. The second-order valence-electron chi connectivity index (χ2n) is 2.84. The second-order valence-corrected chi connectivity index (χ2v) is 2.84. The Kier molecular flexibility index (Phi) is 3.61. The van der Waals surface area contributed by atoms with Crippen molar-refractivity contribution in [3.8, 4) is 0 Å². The van der Waals surface area contributed by atoms with Gasteiger partial charge in [-0.3, -0.25) is 9.78 Å². The van der Waals surface area contributed by atoms with Crippen LogP contribution >= 0.6 is 0 Å². The minimum absolute atomic E-state index is 0.412. The number of anilines is 1. The number of aryl methyl sites for hydroxylation is 1. The normalized spacial score (nSPS) is 9.40. The van der Waals surface area contributed by atoms with Crippen LogP contribution in [0.5, 0.6) is 0 Å². The van der Waals surface area contributed by atoms with Gasteiger partial charge < -0.3 is 15.7 Å². The van der Waals surface area contributed by atoms with Gasteiger partial charge in [0.15, 0.2) is 0 Å². The topological polar surface area (TPSA) is 91.3 Å². The number of nitrogens with zero attached hydrogens (tertiary/aromatic N) is 1. The van der Waals surface area contributed by atoms with Gasteiger partial charge in [-0.1, -0.05) is 0 Å². The molecule has 15 heavy (non-hydrogen) atoms. The highest BCUT2D eigenvalue weighted by Gasteiger charge is 2.05. The van der Waals surface area contributed by atoms with E-state index in [1.807, 2.05) is 0 Å². The molecule has 1 heterocycles. The summed E-state index contributed by atoms with van der Waals surface area (Å²) in [4.78, 5) is 25.3. The van der Waals surface area contributed by atoms with Gasteiger partial charge in [0.25, 0.3) is 0 Å². The number of carboxylic acid groups (broad SMARTS) is 1. The molecule has 1 aromatic heterocycles. The number of carboxylic acids is 1. The van der Waals surface area contributed by atoms with Crippen LogP contribution in [0.15, 0.2) is 18.3 Å². The Morgan fingerprint density at radius 3 is 2.87 bits per heavy atom. The first-order valence-corrected chi connectivity index (χ1v) is 4.28. The third kappa shape index (κ3) is 3.63. The van der Waals surface area contributed by atoms with E-state index < -0.39 is 18.5 Å². The lowest BCUT2D eigenvalue weighted by Gasteiger charge is -2.07. The molecule has 0 aliphatic rings. The third-order valence-corrected chi connectivity index (χ3v) is 1.66. The average molecular weight is 209 g/mol. The number of aliphatic carboxylic acids is 1. The zero-order valence-electron chi connectivity index (χ0n) is 8.15. The van der Waals surface area contributed by atoms with Crippen molar-refractivity contribution in [3.63, 3.8) is 0 Å². The van der Waals surface area contributed by atoms with Crippen molar-refractivity contribution in [2.45, 2.75) is 6.92 Å². The first-order valence-electron chi connectivity index (χ1n) is 4.28. The van der Waals surface area contributed by atoms with Crippen molar-refractivity contribution in [1.29, 1.82) is 0 Å². The monoisotopic (exact) mass is 209 g/mol. The molecule has 0 radical (unpaired) electrons. The minimum Gasteiger partial charge on any atom is -0.480 e. The maximum Gasteiger partial charge on any atom is 0.323 e.